The van der Waals surface area contributed by atoms with Gasteiger partial charge >= 0.3 is 0 Å². The first-order valence-electron chi connectivity index (χ1n) is 6.45. The van der Waals surface area contributed by atoms with Gasteiger partial charge < -0.3 is 10.1 Å². The number of nitrogens with zero attached hydrogens (tertiary/aromatic N) is 1. The molecule has 1 N–H and O–H groups in total. The minimum Gasteiger partial charge on any atom is -0.379 e. The van der Waals surface area contributed by atoms with Crippen LogP contribution in [0.15, 0.2) is 5.38 Å². The van der Waals surface area contributed by atoms with Crippen molar-refractivity contribution < 1.29 is 9.53 Å². The number of thiazole rings is 1. The fraction of sp³-hybridized carbons (Fsp3) is 0.692. The van der Waals surface area contributed by atoms with Crippen LogP contribution < -0.4 is 5.32 Å². The Labute approximate surface area is 112 Å². The maximum Gasteiger partial charge on any atom is 0.146 e. The molecule has 1 aromatic heterocycles. The summed E-state index contributed by atoms with van der Waals surface area (Å²) in [7, 11) is 0. The Kier molecular flexibility index (Phi) is 4.86. The molecule has 2 atom stereocenters. The van der Waals surface area contributed by atoms with Crippen LogP contribution in [0.25, 0.3) is 0 Å². The van der Waals surface area contributed by atoms with Crippen LogP contribution in [-0.2, 0) is 16.0 Å². The second-order valence-corrected chi connectivity index (χ2v) is 5.67. The van der Waals surface area contributed by atoms with Crippen molar-refractivity contribution in [3.8, 4) is 0 Å². The van der Waals surface area contributed by atoms with Crippen molar-refractivity contribution in [1.82, 2.24) is 10.3 Å². The van der Waals surface area contributed by atoms with E-state index >= 15 is 0 Å². The fourth-order valence-corrected chi connectivity index (χ4v) is 2.95. The van der Waals surface area contributed by atoms with Crippen molar-refractivity contribution in [2.24, 2.45) is 5.92 Å². The van der Waals surface area contributed by atoms with Gasteiger partial charge in [0.05, 0.1) is 25.6 Å². The fourth-order valence-electron chi connectivity index (χ4n) is 2.17. The van der Waals surface area contributed by atoms with Gasteiger partial charge in [0.1, 0.15) is 10.8 Å². The number of aromatic nitrogens is 1. The third-order valence-electron chi connectivity index (χ3n) is 3.14. The van der Waals surface area contributed by atoms with E-state index in [1.807, 2.05) is 12.3 Å². The number of carbonyl (C=O) groups is 1. The highest BCUT2D eigenvalue weighted by atomic mass is 32.1. The normalized spacial score (nSPS) is 23.4. The largest absolute Gasteiger partial charge is 0.379 e. The molecule has 0 bridgehead atoms. The van der Waals surface area contributed by atoms with E-state index in [2.05, 4.69) is 17.2 Å². The Bertz CT molecular complexity index is 405. The van der Waals surface area contributed by atoms with Gasteiger partial charge in [-0.1, -0.05) is 6.92 Å². The summed E-state index contributed by atoms with van der Waals surface area (Å²) in [5.41, 5.74) is 0.992. The van der Waals surface area contributed by atoms with E-state index in [-0.39, 0.29) is 17.7 Å². The lowest BCUT2D eigenvalue weighted by molar-refractivity contribution is -0.122. The number of hydrogen-bond donors (Lipinski definition) is 1. The SMILES string of the molecule is CCCNC1COCC1C(=O)Cc1nc(C)cs1. The third kappa shape index (κ3) is 3.37. The van der Waals surface area contributed by atoms with Gasteiger partial charge in [0.15, 0.2) is 0 Å². The molecule has 2 heterocycles. The van der Waals surface area contributed by atoms with Crippen molar-refractivity contribution in [2.75, 3.05) is 19.8 Å². The standard InChI is InChI=1S/C13H20N2O2S/c1-3-4-14-11-7-17-6-10(11)12(16)5-13-15-9(2)8-18-13/h8,10-11,14H,3-7H2,1-2H3. The number of nitrogens with one attached hydrogen (secondary N) is 1. The van der Waals surface area contributed by atoms with Crippen LogP contribution in [0.5, 0.6) is 0 Å². The quantitative estimate of drug-likeness (QED) is 0.851. The van der Waals surface area contributed by atoms with Crippen molar-refractivity contribution in [3.63, 3.8) is 0 Å². The van der Waals surface area contributed by atoms with Crippen LogP contribution in [0.1, 0.15) is 24.0 Å². The lowest BCUT2D eigenvalue weighted by Crippen LogP contribution is -2.40. The first kappa shape index (κ1) is 13.6. The first-order valence-corrected chi connectivity index (χ1v) is 7.33. The zero-order chi connectivity index (χ0) is 13.0. The second kappa shape index (κ2) is 6.41. The molecule has 1 aromatic rings. The number of hydrogen-bond acceptors (Lipinski definition) is 5. The predicted octanol–water partition coefficient (Wildman–Crippen LogP) is 1.58. The zero-order valence-corrected chi connectivity index (χ0v) is 11.8. The molecular weight excluding hydrogens is 248 g/mol. The van der Waals surface area contributed by atoms with E-state index < -0.39 is 0 Å². The molecule has 4 nitrogen and oxygen atoms in total. The van der Waals surface area contributed by atoms with Crippen molar-refractivity contribution in [1.29, 1.82) is 0 Å². The van der Waals surface area contributed by atoms with Crippen molar-refractivity contribution in [2.45, 2.75) is 32.7 Å². The number of rotatable bonds is 6. The Morgan fingerprint density at radius 1 is 1.61 bits per heavy atom. The molecule has 0 aromatic carbocycles. The number of ether oxygens (including phenoxy) is 1. The second-order valence-electron chi connectivity index (χ2n) is 4.73. The summed E-state index contributed by atoms with van der Waals surface area (Å²) in [6, 6.07) is 0.179. The summed E-state index contributed by atoms with van der Waals surface area (Å²) in [5.74, 6) is 0.233. The molecule has 0 amide bonds. The highest BCUT2D eigenvalue weighted by Gasteiger charge is 2.33. The predicted molar refractivity (Wildman–Crippen MR) is 72.0 cm³/mol. The van der Waals surface area contributed by atoms with E-state index in [0.29, 0.717) is 19.6 Å². The zero-order valence-electron chi connectivity index (χ0n) is 10.9. The molecule has 0 aliphatic carbocycles. The molecule has 18 heavy (non-hydrogen) atoms. The van der Waals surface area contributed by atoms with Gasteiger partial charge in [-0.05, 0) is 19.9 Å². The summed E-state index contributed by atoms with van der Waals surface area (Å²) < 4.78 is 5.43. The Balaban J connectivity index is 1.91. The van der Waals surface area contributed by atoms with Gasteiger partial charge in [-0.15, -0.1) is 11.3 Å². The minimum absolute atomic E-state index is 0.0132. The van der Waals surface area contributed by atoms with Crippen LogP contribution in [0.2, 0.25) is 0 Å². The summed E-state index contributed by atoms with van der Waals surface area (Å²) in [4.78, 5) is 16.6. The molecule has 0 radical (unpaired) electrons. The van der Waals surface area contributed by atoms with Crippen LogP contribution >= 0.6 is 11.3 Å². The molecule has 1 aliphatic heterocycles. The van der Waals surface area contributed by atoms with Crippen LogP contribution in [0.3, 0.4) is 0 Å². The number of aryl methyl sites for hydroxylation is 1. The molecule has 100 valence electrons. The molecule has 2 rings (SSSR count). The molecule has 1 aliphatic rings. The summed E-state index contributed by atoms with van der Waals surface area (Å²) in [5, 5.41) is 6.29. The Hall–Kier alpha value is -0.780. The topological polar surface area (TPSA) is 51.2 Å². The summed E-state index contributed by atoms with van der Waals surface area (Å²) >= 11 is 1.56. The van der Waals surface area contributed by atoms with Crippen molar-refractivity contribution >= 4 is 17.1 Å². The molecule has 0 saturated carbocycles. The van der Waals surface area contributed by atoms with E-state index in [9.17, 15) is 4.79 Å². The summed E-state index contributed by atoms with van der Waals surface area (Å²) in [6.45, 7) is 6.21. The van der Waals surface area contributed by atoms with Crippen LogP contribution in [0, 0.1) is 12.8 Å². The third-order valence-corrected chi connectivity index (χ3v) is 4.11. The molecule has 0 spiro atoms. The molecule has 1 fully saturated rings. The molecule has 5 heteroatoms. The number of Topliss-reactive ketones (excluding diaryl/α,β-unsaturated/α-hetero) is 1. The summed E-state index contributed by atoms with van der Waals surface area (Å²) in [6.07, 6.45) is 1.51. The first-order chi connectivity index (χ1) is 8.70. The monoisotopic (exact) mass is 268 g/mol. The number of carbonyl (C=O) groups excluding carboxylic acids is 1. The number of ketones is 1. The van der Waals surface area contributed by atoms with Crippen LogP contribution in [-0.4, -0.2) is 36.6 Å². The lowest BCUT2D eigenvalue weighted by atomic mass is 9.96. The molecular formula is C13H20N2O2S. The van der Waals surface area contributed by atoms with Gasteiger partial charge in [-0.25, -0.2) is 4.98 Å². The van der Waals surface area contributed by atoms with E-state index in [0.717, 1.165) is 23.7 Å². The van der Waals surface area contributed by atoms with Crippen molar-refractivity contribution in [3.05, 3.63) is 16.1 Å². The molecule has 2 unspecified atom stereocenters. The Morgan fingerprint density at radius 3 is 3.11 bits per heavy atom. The minimum atomic E-state index is -0.0132. The van der Waals surface area contributed by atoms with Gasteiger partial charge in [-0.2, -0.15) is 0 Å². The van der Waals surface area contributed by atoms with Gasteiger partial charge in [0.25, 0.3) is 0 Å². The maximum absolute atomic E-state index is 12.2. The Morgan fingerprint density at radius 2 is 2.44 bits per heavy atom. The average Bonchev–Trinajstić information content (AvgIpc) is 2.95. The van der Waals surface area contributed by atoms with Gasteiger partial charge in [-0.3, -0.25) is 4.79 Å². The smallest absolute Gasteiger partial charge is 0.146 e. The van der Waals surface area contributed by atoms with E-state index in [1.54, 1.807) is 11.3 Å². The highest BCUT2D eigenvalue weighted by molar-refractivity contribution is 7.09. The van der Waals surface area contributed by atoms with Gasteiger partial charge in [0, 0.05) is 17.1 Å². The molecule has 1 saturated heterocycles. The maximum atomic E-state index is 12.2. The average molecular weight is 268 g/mol. The van der Waals surface area contributed by atoms with E-state index in [4.69, 9.17) is 4.74 Å². The van der Waals surface area contributed by atoms with E-state index in [1.165, 1.54) is 0 Å². The highest BCUT2D eigenvalue weighted by Crippen LogP contribution is 2.19. The van der Waals surface area contributed by atoms with Crippen LogP contribution in [0.4, 0.5) is 0 Å². The lowest BCUT2D eigenvalue weighted by Gasteiger charge is -2.17. The van der Waals surface area contributed by atoms with Gasteiger partial charge in [0.2, 0.25) is 0 Å².